The van der Waals surface area contributed by atoms with Crippen molar-refractivity contribution < 1.29 is 5.11 Å². The van der Waals surface area contributed by atoms with Crippen molar-refractivity contribution in [3.63, 3.8) is 0 Å². The number of hydrogen-bond acceptors (Lipinski definition) is 2. The molecule has 1 rings (SSSR count). The highest BCUT2D eigenvalue weighted by Gasteiger charge is 2.05. The number of benzene rings is 1. The monoisotopic (exact) mass is 207 g/mol. The first-order chi connectivity index (χ1) is 7.04. The highest BCUT2D eigenvalue weighted by molar-refractivity contribution is 5.32. The number of rotatable bonds is 4. The molecule has 0 aliphatic heterocycles. The van der Waals surface area contributed by atoms with E-state index in [0.29, 0.717) is 5.92 Å². The Morgan fingerprint density at radius 2 is 2.00 bits per heavy atom. The zero-order valence-electron chi connectivity index (χ0n) is 10.1. The molecule has 0 aliphatic rings. The van der Waals surface area contributed by atoms with E-state index in [2.05, 4.69) is 39.0 Å². The molecular formula is C13H21NO. The summed E-state index contributed by atoms with van der Waals surface area (Å²) in [5, 5.41) is 8.99. The molecule has 1 aromatic carbocycles. The number of aliphatic hydroxyl groups is 1. The van der Waals surface area contributed by atoms with Gasteiger partial charge in [-0.3, -0.25) is 4.90 Å². The van der Waals surface area contributed by atoms with Gasteiger partial charge in [0.1, 0.15) is 0 Å². The van der Waals surface area contributed by atoms with Gasteiger partial charge in [0.15, 0.2) is 0 Å². The van der Waals surface area contributed by atoms with Gasteiger partial charge in [0, 0.05) is 6.54 Å². The van der Waals surface area contributed by atoms with Crippen LogP contribution in [0.1, 0.15) is 36.5 Å². The fourth-order valence-corrected chi connectivity index (χ4v) is 1.56. The van der Waals surface area contributed by atoms with Gasteiger partial charge in [-0.1, -0.05) is 32.0 Å². The summed E-state index contributed by atoms with van der Waals surface area (Å²) >= 11 is 0. The normalized spacial score (nSPS) is 11.4. The maximum atomic E-state index is 8.99. The van der Waals surface area contributed by atoms with Crippen LogP contribution in [0.3, 0.4) is 0 Å². The third kappa shape index (κ3) is 3.33. The molecule has 15 heavy (non-hydrogen) atoms. The van der Waals surface area contributed by atoms with Crippen molar-refractivity contribution in [3.8, 4) is 0 Å². The highest BCUT2D eigenvalue weighted by atomic mass is 16.3. The highest BCUT2D eigenvalue weighted by Crippen LogP contribution is 2.19. The van der Waals surface area contributed by atoms with Gasteiger partial charge in [-0.2, -0.15) is 0 Å². The molecule has 0 atom stereocenters. The Hall–Kier alpha value is -0.860. The van der Waals surface area contributed by atoms with Crippen LogP contribution in [0.25, 0.3) is 0 Å². The van der Waals surface area contributed by atoms with Gasteiger partial charge >= 0.3 is 0 Å². The quantitative estimate of drug-likeness (QED) is 0.767. The minimum Gasteiger partial charge on any atom is -0.381 e. The summed E-state index contributed by atoms with van der Waals surface area (Å²) in [6.07, 6.45) is 0. The lowest BCUT2D eigenvalue weighted by atomic mass is 9.98. The molecule has 0 aliphatic carbocycles. The van der Waals surface area contributed by atoms with Crippen molar-refractivity contribution in [2.45, 2.75) is 33.2 Å². The van der Waals surface area contributed by atoms with Crippen LogP contribution in [0.15, 0.2) is 18.2 Å². The molecule has 0 heterocycles. The van der Waals surface area contributed by atoms with Crippen LogP contribution in [-0.4, -0.2) is 23.8 Å². The minimum absolute atomic E-state index is 0.103. The van der Waals surface area contributed by atoms with E-state index in [1.807, 2.05) is 11.9 Å². The molecule has 0 spiro atoms. The van der Waals surface area contributed by atoms with Crippen LogP contribution in [0.5, 0.6) is 0 Å². The lowest BCUT2D eigenvalue weighted by molar-refractivity contribution is 0.126. The van der Waals surface area contributed by atoms with E-state index in [4.69, 9.17) is 5.11 Å². The fourth-order valence-electron chi connectivity index (χ4n) is 1.56. The average molecular weight is 207 g/mol. The minimum atomic E-state index is 0.103. The van der Waals surface area contributed by atoms with Gasteiger partial charge < -0.3 is 5.11 Å². The molecule has 0 saturated heterocycles. The van der Waals surface area contributed by atoms with Gasteiger partial charge in [-0.05, 0) is 36.6 Å². The van der Waals surface area contributed by atoms with Crippen LogP contribution in [0.4, 0.5) is 0 Å². The Bertz CT molecular complexity index is 320. The summed E-state index contributed by atoms with van der Waals surface area (Å²) in [6.45, 7) is 7.42. The Kier molecular flexibility index (Phi) is 4.30. The molecule has 0 radical (unpaired) electrons. The zero-order valence-corrected chi connectivity index (χ0v) is 10.1. The van der Waals surface area contributed by atoms with E-state index < -0.39 is 0 Å². The fraction of sp³-hybridized carbons (Fsp3) is 0.538. The largest absolute Gasteiger partial charge is 0.381 e. The van der Waals surface area contributed by atoms with E-state index in [1.54, 1.807) is 0 Å². The third-order valence-corrected chi connectivity index (χ3v) is 2.72. The van der Waals surface area contributed by atoms with Crippen LogP contribution in [-0.2, 0) is 6.54 Å². The molecule has 2 heteroatoms. The molecule has 1 aromatic rings. The molecule has 2 nitrogen and oxygen atoms in total. The predicted molar refractivity (Wildman–Crippen MR) is 63.8 cm³/mol. The summed E-state index contributed by atoms with van der Waals surface area (Å²) in [5.41, 5.74) is 3.96. The Labute approximate surface area is 92.5 Å². The van der Waals surface area contributed by atoms with Crippen molar-refractivity contribution in [2.24, 2.45) is 0 Å². The molecule has 0 aromatic heterocycles. The summed E-state index contributed by atoms with van der Waals surface area (Å²) < 4.78 is 0. The molecule has 0 saturated carbocycles. The van der Waals surface area contributed by atoms with Gasteiger partial charge in [0.05, 0.1) is 6.73 Å². The molecular weight excluding hydrogens is 186 g/mol. The third-order valence-electron chi connectivity index (χ3n) is 2.72. The first kappa shape index (κ1) is 12.2. The molecule has 0 unspecified atom stereocenters. The number of aryl methyl sites for hydroxylation is 1. The first-order valence-corrected chi connectivity index (χ1v) is 5.43. The Morgan fingerprint density at radius 1 is 1.33 bits per heavy atom. The van der Waals surface area contributed by atoms with Crippen molar-refractivity contribution in [2.75, 3.05) is 13.8 Å². The number of hydrogen-bond donors (Lipinski definition) is 1. The standard InChI is InChI=1S/C13H21NO/c1-10(2)12-6-5-11(3)13(7-12)8-14(4)9-15/h5-7,10,15H,8-9H2,1-4H3. The molecule has 0 amide bonds. The van der Waals surface area contributed by atoms with Crippen LogP contribution >= 0.6 is 0 Å². The summed E-state index contributed by atoms with van der Waals surface area (Å²) in [6, 6.07) is 6.59. The van der Waals surface area contributed by atoms with E-state index in [9.17, 15) is 0 Å². The van der Waals surface area contributed by atoms with Gasteiger partial charge in [0.25, 0.3) is 0 Å². The zero-order chi connectivity index (χ0) is 11.4. The predicted octanol–water partition coefficient (Wildman–Crippen LogP) is 2.50. The summed E-state index contributed by atoms with van der Waals surface area (Å²) in [5.74, 6) is 0.559. The van der Waals surface area contributed by atoms with Crippen molar-refractivity contribution in [1.82, 2.24) is 4.90 Å². The molecule has 0 bridgehead atoms. The summed E-state index contributed by atoms with van der Waals surface area (Å²) in [7, 11) is 1.92. The van der Waals surface area contributed by atoms with Gasteiger partial charge in [-0.15, -0.1) is 0 Å². The SMILES string of the molecule is Cc1ccc(C(C)C)cc1CN(C)CO. The topological polar surface area (TPSA) is 23.5 Å². The van der Waals surface area contributed by atoms with E-state index in [-0.39, 0.29) is 6.73 Å². The first-order valence-electron chi connectivity index (χ1n) is 5.43. The maximum Gasteiger partial charge on any atom is 0.0956 e. The Morgan fingerprint density at radius 3 is 2.53 bits per heavy atom. The van der Waals surface area contributed by atoms with E-state index >= 15 is 0 Å². The second-order valence-electron chi connectivity index (χ2n) is 4.50. The molecule has 1 N–H and O–H groups in total. The smallest absolute Gasteiger partial charge is 0.0956 e. The van der Waals surface area contributed by atoms with Crippen LogP contribution in [0, 0.1) is 6.92 Å². The lowest BCUT2D eigenvalue weighted by Crippen LogP contribution is -2.19. The van der Waals surface area contributed by atoms with Gasteiger partial charge in [0.2, 0.25) is 0 Å². The number of nitrogens with zero attached hydrogens (tertiary/aromatic N) is 1. The van der Waals surface area contributed by atoms with E-state index in [0.717, 1.165) is 6.54 Å². The Balaban J connectivity index is 2.90. The molecule has 0 fully saturated rings. The van der Waals surface area contributed by atoms with Crippen molar-refractivity contribution in [1.29, 1.82) is 0 Å². The van der Waals surface area contributed by atoms with Crippen molar-refractivity contribution in [3.05, 3.63) is 34.9 Å². The number of aliphatic hydroxyl groups excluding tert-OH is 1. The molecule has 84 valence electrons. The van der Waals surface area contributed by atoms with Crippen LogP contribution < -0.4 is 0 Å². The summed E-state index contributed by atoms with van der Waals surface area (Å²) in [4.78, 5) is 1.90. The van der Waals surface area contributed by atoms with Crippen molar-refractivity contribution >= 4 is 0 Å². The van der Waals surface area contributed by atoms with E-state index in [1.165, 1.54) is 16.7 Å². The maximum absolute atomic E-state index is 8.99. The second-order valence-corrected chi connectivity index (χ2v) is 4.50. The lowest BCUT2D eigenvalue weighted by Gasteiger charge is -2.16. The van der Waals surface area contributed by atoms with Gasteiger partial charge in [-0.25, -0.2) is 0 Å². The second kappa shape index (κ2) is 5.29. The van der Waals surface area contributed by atoms with Crippen LogP contribution in [0.2, 0.25) is 0 Å². The average Bonchev–Trinajstić information content (AvgIpc) is 2.20.